The fourth-order valence-electron chi connectivity index (χ4n) is 10.8. The minimum absolute atomic E-state index is 0.0126. The Labute approximate surface area is 725 Å². The molecule has 62 heteroatoms. The van der Waals surface area contributed by atoms with Crippen LogP contribution in [0.1, 0.15) is 137 Å². The molecule has 0 saturated carbocycles. The van der Waals surface area contributed by atoms with Crippen molar-refractivity contribution in [2.75, 3.05) is 23.7 Å². The SMILES string of the molecule is CC(C)(C)OC(=O)NC(=NCc1cn(C[C@@H]2[C@H](CC(=O)/C(=N\OC(C)(C)C(=O)O)c3csc(N)n3)C(=O)N2S(=O)(=O)O)nn1)NC(=O)OC(C)(C)C.CC(C)(O/N=C(\C(=O)C[C@@H]1C(=O)N(S(=O)(=O)O)[C@@H]1Cn1cc(CCN)nn1)c1csc(N)n1)C(=O)O.CC(C)(O/N=C(\C(=O)C[C@@H]1C(=O)N(S(=O)(=O)O)[C@@H]1Cn1cc(CN=C(N)N)nn1)c1csc(N)n1)C(=O)O. The van der Waals surface area contributed by atoms with Gasteiger partial charge in [0.1, 0.15) is 39.7 Å². The van der Waals surface area contributed by atoms with Crippen LogP contribution in [0.15, 0.2) is 60.2 Å². The summed E-state index contributed by atoms with van der Waals surface area (Å²) in [7, 11) is -15.0. The fraction of sp³-hybridized carbons (Fsp3) is 0.516. The first-order valence-electron chi connectivity index (χ1n) is 36.2. The van der Waals surface area contributed by atoms with Crippen LogP contribution < -0.4 is 45.0 Å². The first-order chi connectivity index (χ1) is 58.1. The molecule has 6 aromatic rings. The van der Waals surface area contributed by atoms with Crippen LogP contribution in [0.25, 0.3) is 0 Å². The van der Waals surface area contributed by atoms with Gasteiger partial charge in [-0.05, 0) is 89.6 Å². The lowest BCUT2D eigenvalue weighted by Gasteiger charge is -2.43. The molecule has 3 aliphatic rings. The topological polar surface area (TPSA) is 840 Å². The number of thiazole rings is 3. The number of nitrogen functional groups attached to an aromatic ring is 3. The third-order valence-electron chi connectivity index (χ3n) is 16.9. The van der Waals surface area contributed by atoms with Crippen LogP contribution in [0.4, 0.5) is 25.0 Å². The standard InChI is InChI=1S/C28H40N10O12S2.C18H24N10O8S2.C18H24N8O8S2/c1-26(2,3)48-24(43)32-23(33-25(44)49-27(4,5)6)30-10-14-11-37(36-34-14)12-17-15(20(40)38(17)52(45,46)47)9-18(39)19(16-13-51-22(29)31-16)35-50-28(7,8)21(41)42;1-18(2,15(31)32)36-25-13(10-7-37-17(21)23-10)12(29)3-9-11(28(14(9)30)38(33,34)35)6-27-5-8(24-26-27)4-22-16(19)20;1-18(2,16(29)30)34-23-14(11-8-35-17(20)21-11)13(27)5-10-12(26(15(10)28)36(31,32)33)7-25-6-9(3-4-19)22-24-25/h11,13,15,17H,9-10,12H2,1-8H3,(H2,29,31)(H,41,42)(H,45,46,47)(H2,30,32,33,43,44);5,7,9,11H,3-4,6H2,1-2H3,(H2,21,23)(H,31,32)(H4,19,20,22)(H,33,34,35);6,8,10,12H,3-5,7,19H2,1-2H3,(H2,20,21)(H,29,30)(H,31,32,33)/b35-19-;25-13-;23-14-/t15-,17+;9-,11+;10-,12+/m000/s1. The molecule has 20 N–H and O–H groups in total. The Bertz CT molecular complexity index is 5620. The molecule has 3 aliphatic heterocycles. The number of aromatic nitrogens is 12. The van der Waals surface area contributed by atoms with E-state index in [4.69, 9.17) is 58.4 Å². The smallest absolute Gasteiger partial charge is 0.414 e. The summed E-state index contributed by atoms with van der Waals surface area (Å²) in [5.41, 5.74) is 25.3. The zero-order valence-electron chi connectivity index (χ0n) is 68.5. The number of nitrogens with one attached hydrogen (secondary N) is 2. The number of nitrogens with two attached hydrogens (primary N) is 6. The van der Waals surface area contributed by atoms with Crippen molar-refractivity contribution >= 4 is 175 Å². The second kappa shape index (κ2) is 40.0. The van der Waals surface area contributed by atoms with Crippen LogP contribution in [0, 0.1) is 17.8 Å². The number of Topliss-reactive ketones (excluding diaryl/α,β-unsaturated/α-hetero) is 3. The molecule has 0 unspecified atom stereocenters. The number of anilines is 3. The van der Waals surface area contributed by atoms with Crippen LogP contribution in [0.3, 0.4) is 0 Å². The van der Waals surface area contributed by atoms with E-state index in [1.54, 1.807) is 41.5 Å². The minimum Gasteiger partial charge on any atom is -0.478 e. The van der Waals surface area contributed by atoms with Gasteiger partial charge in [-0.2, -0.15) is 25.3 Å². The molecule has 6 aromatic heterocycles. The predicted molar refractivity (Wildman–Crippen MR) is 436 cm³/mol. The first kappa shape index (κ1) is 100. The molecule has 0 aliphatic carbocycles. The van der Waals surface area contributed by atoms with Gasteiger partial charge in [-0.25, -0.2) is 61.8 Å². The molecule has 0 bridgehead atoms. The number of carbonyl (C=O) groups excluding carboxylic acids is 8. The van der Waals surface area contributed by atoms with E-state index in [-0.39, 0.29) is 89.2 Å². The molecular weight excluding hydrogens is 1800 g/mol. The van der Waals surface area contributed by atoms with Gasteiger partial charge in [0.2, 0.25) is 40.5 Å². The summed E-state index contributed by atoms with van der Waals surface area (Å²) in [5, 5.41) is 71.1. The molecule has 0 radical (unpaired) electrons. The maximum Gasteiger partial charge on any atom is 0.414 e. The van der Waals surface area contributed by atoms with Crippen molar-refractivity contribution in [1.82, 2.24) is 83.5 Å². The third kappa shape index (κ3) is 27.3. The van der Waals surface area contributed by atoms with Crippen LogP contribution in [-0.2, 0) is 137 Å². The van der Waals surface area contributed by atoms with E-state index in [0.29, 0.717) is 24.4 Å². The van der Waals surface area contributed by atoms with E-state index >= 15 is 0 Å². The van der Waals surface area contributed by atoms with E-state index in [9.17, 15) is 107 Å². The average Bonchev–Trinajstić information content (AvgIpc) is 1.06. The van der Waals surface area contributed by atoms with Gasteiger partial charge in [0.25, 0.3) is 0 Å². The summed E-state index contributed by atoms with van der Waals surface area (Å²) in [5.74, 6) is -14.1. The Kier molecular flexibility index (Phi) is 31.8. The molecule has 5 amide bonds. The normalized spacial score (nSPS) is 17.7. The Morgan fingerprint density at radius 1 is 0.468 bits per heavy atom. The second-order valence-electron chi connectivity index (χ2n) is 30.5. The van der Waals surface area contributed by atoms with E-state index in [1.807, 2.05) is 0 Å². The number of hydrogen-bond acceptors (Lipinski definition) is 43. The Hall–Kier alpha value is -12.9. The third-order valence-corrected chi connectivity index (χ3v) is 21.8. The van der Waals surface area contributed by atoms with Crippen LogP contribution in [0.5, 0.6) is 0 Å². The molecule has 3 saturated heterocycles. The monoisotopic (exact) mass is 1890 g/mol. The van der Waals surface area contributed by atoms with Crippen molar-refractivity contribution < 1.29 is 131 Å². The van der Waals surface area contributed by atoms with Crippen LogP contribution in [-0.4, -0.2) is 274 Å². The van der Waals surface area contributed by atoms with E-state index in [1.165, 1.54) is 85.6 Å². The summed E-state index contributed by atoms with van der Waals surface area (Å²) in [4.78, 5) is 172. The van der Waals surface area contributed by atoms with Crippen molar-refractivity contribution in [2.24, 2.45) is 60.4 Å². The second-order valence-corrected chi connectivity index (χ2v) is 37.0. The predicted octanol–water partition coefficient (Wildman–Crippen LogP) is -2.25. The molecule has 126 heavy (non-hydrogen) atoms. The highest BCUT2D eigenvalue weighted by Crippen LogP contribution is 2.38. The lowest BCUT2D eigenvalue weighted by Crippen LogP contribution is -2.64. The molecule has 9 rings (SSSR count). The number of aliphatic imine (C=N–C) groups is 2. The summed E-state index contributed by atoms with van der Waals surface area (Å²) < 4.78 is 115. The number of oxime groups is 3. The fourth-order valence-corrected chi connectivity index (χ4v) is 15.2. The number of amides is 5. The lowest BCUT2D eigenvalue weighted by molar-refractivity contribution is -0.161. The number of ketones is 3. The van der Waals surface area contributed by atoms with Gasteiger partial charge in [-0.3, -0.25) is 67.1 Å². The van der Waals surface area contributed by atoms with Crippen molar-refractivity contribution in [3.8, 4) is 0 Å². The van der Waals surface area contributed by atoms with E-state index < -0.39 is 203 Å². The molecule has 0 aromatic carbocycles. The maximum absolute atomic E-state index is 13.5. The number of carboxylic acid groups (broad SMARTS) is 3. The molecule has 9 heterocycles. The highest BCUT2D eigenvalue weighted by molar-refractivity contribution is 7.84. The van der Waals surface area contributed by atoms with Crippen molar-refractivity contribution in [2.45, 2.75) is 188 Å². The van der Waals surface area contributed by atoms with Gasteiger partial charge < -0.3 is 73.7 Å². The number of nitrogens with zero attached hydrogens (tertiary/aromatic N) is 20. The van der Waals surface area contributed by atoms with Crippen molar-refractivity contribution in [3.05, 3.63) is 68.9 Å². The van der Waals surface area contributed by atoms with E-state index in [0.717, 1.165) is 38.7 Å². The van der Waals surface area contributed by atoms with Gasteiger partial charge in [0, 0.05) is 48.0 Å². The molecule has 0 spiro atoms. The number of hydrogen-bond donors (Lipinski definition) is 14. The number of carboxylic acids is 3. The van der Waals surface area contributed by atoms with Crippen LogP contribution >= 0.6 is 34.0 Å². The Morgan fingerprint density at radius 2 is 0.746 bits per heavy atom. The van der Waals surface area contributed by atoms with Crippen molar-refractivity contribution in [3.63, 3.8) is 0 Å². The van der Waals surface area contributed by atoms with Crippen molar-refractivity contribution in [1.29, 1.82) is 0 Å². The number of carbonyl (C=O) groups is 11. The highest BCUT2D eigenvalue weighted by Gasteiger charge is 2.57. The number of guanidine groups is 2. The molecular formula is C64H88N28O28S6. The summed E-state index contributed by atoms with van der Waals surface area (Å²) in [6.45, 7) is 16.1. The molecule has 6 atom stereocenters. The largest absolute Gasteiger partial charge is 0.478 e. The zero-order valence-corrected chi connectivity index (χ0v) is 73.4. The van der Waals surface area contributed by atoms with Gasteiger partial charge in [-0.15, -0.1) is 49.3 Å². The molecule has 56 nitrogen and oxygen atoms in total. The summed E-state index contributed by atoms with van der Waals surface area (Å²) in [6.07, 6.45) is 0.947. The molecule has 688 valence electrons. The maximum atomic E-state index is 13.5. The van der Waals surface area contributed by atoms with Gasteiger partial charge >= 0.3 is 61.0 Å². The Morgan fingerprint density at radius 3 is 0.992 bits per heavy atom. The number of ether oxygens (including phenoxy) is 2. The number of alkyl carbamates (subject to hydrolysis) is 2. The summed E-state index contributed by atoms with van der Waals surface area (Å²) >= 11 is 2.91. The number of rotatable bonds is 36. The van der Waals surface area contributed by atoms with E-state index in [2.05, 4.69) is 82.0 Å². The zero-order chi connectivity index (χ0) is 94.6. The minimum atomic E-state index is -5.09. The van der Waals surface area contributed by atoms with Gasteiger partial charge in [-0.1, -0.05) is 31.1 Å². The quantitative estimate of drug-likeness (QED) is 0.00649. The number of aliphatic carboxylic acids is 3. The summed E-state index contributed by atoms with van der Waals surface area (Å²) in [6, 6.07) is -3.74. The highest BCUT2D eigenvalue weighted by atomic mass is 32.2. The first-order valence-corrected chi connectivity index (χ1v) is 43.0. The lowest BCUT2D eigenvalue weighted by atomic mass is 9.84. The van der Waals surface area contributed by atoms with Gasteiger partial charge in [0.05, 0.1) is 86.7 Å². The average molecular weight is 1890 g/mol. The van der Waals surface area contributed by atoms with Gasteiger partial charge in [0.15, 0.2) is 55.8 Å². The molecule has 3 fully saturated rings. The van der Waals surface area contributed by atoms with Crippen LogP contribution in [0.2, 0.25) is 0 Å². The number of β-lactam (4-membered cyclic amide) rings is 3. The Balaban J connectivity index is 0.000000265.